The molecular weight excluding hydrogens is 338 g/mol. The van der Waals surface area contributed by atoms with Gasteiger partial charge in [0.1, 0.15) is 0 Å². The van der Waals surface area contributed by atoms with Gasteiger partial charge in [0.2, 0.25) is 11.8 Å². The monoisotopic (exact) mass is 373 g/mol. The molecule has 1 aliphatic rings. The van der Waals surface area contributed by atoms with Gasteiger partial charge in [-0.3, -0.25) is 14.5 Å². The molecule has 0 spiro atoms. The van der Waals surface area contributed by atoms with Crippen LogP contribution in [0.1, 0.15) is 58.1 Å². The molecule has 0 unspecified atom stereocenters. The molecule has 1 fully saturated rings. The van der Waals surface area contributed by atoms with E-state index in [1.54, 1.807) is 0 Å². The predicted molar refractivity (Wildman–Crippen MR) is 109 cm³/mol. The molecule has 1 N–H and O–H groups in total. The van der Waals surface area contributed by atoms with Gasteiger partial charge in [-0.15, -0.1) is 0 Å². The van der Waals surface area contributed by atoms with Gasteiger partial charge in [-0.25, -0.2) is 0 Å². The molecule has 2 rings (SSSR count). The van der Waals surface area contributed by atoms with Crippen molar-refractivity contribution in [3.63, 3.8) is 0 Å². The van der Waals surface area contributed by atoms with E-state index in [1.165, 1.54) is 11.1 Å². The van der Waals surface area contributed by atoms with Gasteiger partial charge in [-0.05, 0) is 17.0 Å². The van der Waals surface area contributed by atoms with E-state index in [-0.39, 0.29) is 11.8 Å². The van der Waals surface area contributed by atoms with E-state index in [2.05, 4.69) is 48.3 Å². The third-order valence-corrected chi connectivity index (χ3v) is 5.08. The number of hydrogen-bond donors (Lipinski definition) is 1. The summed E-state index contributed by atoms with van der Waals surface area (Å²) in [5.41, 5.74) is 2.28. The van der Waals surface area contributed by atoms with E-state index in [0.717, 1.165) is 32.7 Å². The van der Waals surface area contributed by atoms with Crippen LogP contribution in [0.2, 0.25) is 0 Å². The highest BCUT2D eigenvalue weighted by atomic mass is 16.2. The van der Waals surface area contributed by atoms with Crippen molar-refractivity contribution >= 4 is 11.8 Å². The van der Waals surface area contributed by atoms with Crippen LogP contribution in [0, 0.1) is 5.41 Å². The second kappa shape index (κ2) is 9.36. The first-order valence-corrected chi connectivity index (χ1v) is 10.0. The first kappa shape index (κ1) is 21.4. The van der Waals surface area contributed by atoms with E-state index < -0.39 is 5.41 Å². The smallest absolute Gasteiger partial charge is 0.225 e. The second-order valence-electron chi connectivity index (χ2n) is 8.81. The zero-order valence-corrected chi connectivity index (χ0v) is 17.5. The zero-order valence-electron chi connectivity index (χ0n) is 17.5. The molecule has 0 bridgehead atoms. The van der Waals surface area contributed by atoms with Gasteiger partial charge >= 0.3 is 0 Å². The summed E-state index contributed by atoms with van der Waals surface area (Å²) in [6.07, 6.45) is 0.373. The Labute approximate surface area is 164 Å². The maximum atomic E-state index is 12.4. The van der Waals surface area contributed by atoms with E-state index in [9.17, 15) is 9.59 Å². The molecule has 0 atom stereocenters. The molecule has 0 aromatic heterocycles. The Bertz CT molecular complexity index is 624. The highest BCUT2D eigenvalue weighted by molar-refractivity contribution is 5.82. The Morgan fingerprint density at radius 2 is 1.63 bits per heavy atom. The number of nitrogens with one attached hydrogen (secondary N) is 1. The van der Waals surface area contributed by atoms with Crippen molar-refractivity contribution in [3.8, 4) is 0 Å². The third-order valence-electron chi connectivity index (χ3n) is 5.08. The molecule has 5 heteroatoms. The maximum Gasteiger partial charge on any atom is 0.225 e. The molecule has 150 valence electrons. The minimum absolute atomic E-state index is 0.0106. The quantitative estimate of drug-likeness (QED) is 0.834. The van der Waals surface area contributed by atoms with Crippen LogP contribution >= 0.6 is 0 Å². The van der Waals surface area contributed by atoms with Crippen LogP contribution < -0.4 is 5.32 Å². The number of benzene rings is 1. The lowest BCUT2D eigenvalue weighted by Crippen LogP contribution is -2.49. The molecule has 0 radical (unpaired) electrons. The van der Waals surface area contributed by atoms with Gasteiger partial charge in [0.25, 0.3) is 0 Å². The average molecular weight is 374 g/mol. The fraction of sp³-hybridized carbons (Fsp3) is 0.636. The highest BCUT2D eigenvalue weighted by Gasteiger charge is 2.23. The topological polar surface area (TPSA) is 52.6 Å². The van der Waals surface area contributed by atoms with Crippen molar-refractivity contribution in [2.45, 2.75) is 53.5 Å². The largest absolute Gasteiger partial charge is 0.355 e. The van der Waals surface area contributed by atoms with Crippen LogP contribution in [-0.4, -0.2) is 54.3 Å². The van der Waals surface area contributed by atoms with Gasteiger partial charge in [0, 0.05) is 51.1 Å². The number of amides is 2. The molecule has 1 heterocycles. The Morgan fingerprint density at radius 1 is 1.04 bits per heavy atom. The van der Waals surface area contributed by atoms with Crippen LogP contribution in [0.4, 0.5) is 0 Å². The number of carbonyl (C=O) groups is 2. The summed E-state index contributed by atoms with van der Waals surface area (Å²) in [5, 5.41) is 2.85. The normalized spacial score (nSPS) is 15.9. The van der Waals surface area contributed by atoms with Crippen molar-refractivity contribution in [2.24, 2.45) is 5.41 Å². The summed E-state index contributed by atoms with van der Waals surface area (Å²) < 4.78 is 0. The van der Waals surface area contributed by atoms with Gasteiger partial charge < -0.3 is 10.2 Å². The molecule has 1 aromatic rings. The second-order valence-corrected chi connectivity index (χ2v) is 8.81. The van der Waals surface area contributed by atoms with Gasteiger partial charge in [-0.2, -0.15) is 0 Å². The number of carbonyl (C=O) groups excluding carboxylic acids is 2. The number of rotatable bonds is 6. The minimum Gasteiger partial charge on any atom is -0.355 e. The fourth-order valence-corrected chi connectivity index (χ4v) is 3.13. The Balaban J connectivity index is 1.71. The standard InChI is InChI=1S/C22H35N3O2/c1-17(2)19-8-6-18(7-9-19)16-24-12-14-25(15-13-24)20(26)10-11-23-21(27)22(3,4)5/h6-9,17H,10-16H2,1-5H3,(H,23,27). The summed E-state index contributed by atoms with van der Waals surface area (Å²) in [6, 6.07) is 8.85. The van der Waals surface area contributed by atoms with Crippen LogP contribution in [0.15, 0.2) is 24.3 Å². The van der Waals surface area contributed by atoms with Crippen molar-refractivity contribution < 1.29 is 9.59 Å². The first-order valence-electron chi connectivity index (χ1n) is 10.0. The maximum absolute atomic E-state index is 12.4. The van der Waals surface area contributed by atoms with Gasteiger partial charge in [0.15, 0.2) is 0 Å². The SMILES string of the molecule is CC(C)c1ccc(CN2CCN(C(=O)CCNC(=O)C(C)(C)C)CC2)cc1. The molecule has 0 saturated carbocycles. The third kappa shape index (κ3) is 6.65. The summed E-state index contributed by atoms with van der Waals surface area (Å²) in [7, 11) is 0. The molecule has 0 aliphatic carbocycles. The van der Waals surface area contributed by atoms with Gasteiger partial charge in [0.05, 0.1) is 0 Å². The van der Waals surface area contributed by atoms with Gasteiger partial charge in [-0.1, -0.05) is 58.9 Å². The van der Waals surface area contributed by atoms with Crippen molar-refractivity contribution in [2.75, 3.05) is 32.7 Å². The highest BCUT2D eigenvalue weighted by Crippen LogP contribution is 2.16. The molecule has 27 heavy (non-hydrogen) atoms. The number of hydrogen-bond acceptors (Lipinski definition) is 3. The summed E-state index contributed by atoms with van der Waals surface area (Å²) in [4.78, 5) is 28.5. The van der Waals surface area contributed by atoms with Crippen molar-refractivity contribution in [1.29, 1.82) is 0 Å². The van der Waals surface area contributed by atoms with Crippen LogP contribution in [0.3, 0.4) is 0 Å². The Kier molecular flexibility index (Phi) is 7.42. The zero-order chi connectivity index (χ0) is 20.0. The van der Waals surface area contributed by atoms with E-state index >= 15 is 0 Å². The summed E-state index contributed by atoms with van der Waals surface area (Å²) in [6.45, 7) is 14.7. The molecule has 1 saturated heterocycles. The van der Waals surface area contributed by atoms with Crippen LogP contribution in [0.5, 0.6) is 0 Å². The van der Waals surface area contributed by atoms with Crippen LogP contribution in [0.25, 0.3) is 0 Å². The molecule has 5 nitrogen and oxygen atoms in total. The fourth-order valence-electron chi connectivity index (χ4n) is 3.13. The Morgan fingerprint density at radius 3 is 2.15 bits per heavy atom. The average Bonchev–Trinajstić information content (AvgIpc) is 2.61. The van der Waals surface area contributed by atoms with E-state index in [4.69, 9.17) is 0 Å². The molecule has 2 amide bonds. The summed E-state index contributed by atoms with van der Waals surface area (Å²) in [5.74, 6) is 0.676. The molecule has 1 aromatic carbocycles. The van der Waals surface area contributed by atoms with E-state index in [1.807, 2.05) is 25.7 Å². The number of nitrogens with zero attached hydrogens (tertiary/aromatic N) is 2. The minimum atomic E-state index is -0.415. The molecule has 1 aliphatic heterocycles. The van der Waals surface area contributed by atoms with Crippen molar-refractivity contribution in [3.05, 3.63) is 35.4 Å². The lowest BCUT2D eigenvalue weighted by Gasteiger charge is -2.35. The molecular formula is C22H35N3O2. The van der Waals surface area contributed by atoms with Crippen molar-refractivity contribution in [1.82, 2.24) is 15.1 Å². The lowest BCUT2D eigenvalue weighted by atomic mass is 9.96. The first-order chi connectivity index (χ1) is 12.7. The van der Waals surface area contributed by atoms with Crippen LogP contribution in [-0.2, 0) is 16.1 Å². The predicted octanol–water partition coefficient (Wildman–Crippen LogP) is 3.01. The number of piperazine rings is 1. The lowest BCUT2D eigenvalue weighted by molar-refractivity contribution is -0.133. The summed E-state index contributed by atoms with van der Waals surface area (Å²) >= 11 is 0. The Hall–Kier alpha value is -1.88. The van der Waals surface area contributed by atoms with E-state index in [0.29, 0.717) is 18.9 Å².